The van der Waals surface area contributed by atoms with E-state index in [9.17, 15) is 5.11 Å². The zero-order valence-electron chi connectivity index (χ0n) is 14.3. The van der Waals surface area contributed by atoms with Gasteiger partial charge in [-0.25, -0.2) is 4.98 Å². The first kappa shape index (κ1) is 16.5. The normalized spacial score (nSPS) is 12.8. The van der Waals surface area contributed by atoms with E-state index in [1.54, 1.807) is 12.1 Å². The number of nitrogens with zero attached hydrogens (tertiary/aromatic N) is 2. The molecule has 24 heavy (non-hydrogen) atoms. The lowest BCUT2D eigenvalue weighted by Gasteiger charge is -2.16. The second kappa shape index (κ2) is 7.05. The standard InChI is InChI=1S/C20H25N3O/c1-14(2)11-12-23-19-6-4-3-5-18(19)22-20(23)17(21)13-15-7-9-16(24)10-8-15/h3-10,14,17,24H,11-13,21H2,1-2H3. The maximum atomic E-state index is 9.42. The van der Waals surface area contributed by atoms with Crippen LogP contribution in [0.25, 0.3) is 11.0 Å². The summed E-state index contributed by atoms with van der Waals surface area (Å²) in [6, 6.07) is 15.3. The number of phenolic OH excluding ortho intramolecular Hbond substituents is 1. The van der Waals surface area contributed by atoms with Crippen LogP contribution < -0.4 is 5.73 Å². The van der Waals surface area contributed by atoms with Gasteiger partial charge in [0.15, 0.2) is 0 Å². The quantitative estimate of drug-likeness (QED) is 0.720. The van der Waals surface area contributed by atoms with Crippen LogP contribution in [-0.2, 0) is 13.0 Å². The maximum Gasteiger partial charge on any atom is 0.127 e. The molecule has 126 valence electrons. The van der Waals surface area contributed by atoms with Crippen LogP contribution in [-0.4, -0.2) is 14.7 Å². The third-order valence-corrected chi connectivity index (χ3v) is 4.34. The van der Waals surface area contributed by atoms with Crippen LogP contribution in [0.15, 0.2) is 48.5 Å². The van der Waals surface area contributed by atoms with E-state index < -0.39 is 0 Å². The van der Waals surface area contributed by atoms with Crippen LogP contribution in [0.5, 0.6) is 5.75 Å². The van der Waals surface area contributed by atoms with Crippen molar-refractivity contribution in [3.8, 4) is 5.75 Å². The minimum Gasteiger partial charge on any atom is -0.508 e. The summed E-state index contributed by atoms with van der Waals surface area (Å²) in [7, 11) is 0. The molecule has 3 rings (SSSR count). The van der Waals surface area contributed by atoms with Gasteiger partial charge in [-0.15, -0.1) is 0 Å². The zero-order chi connectivity index (χ0) is 17.1. The molecule has 1 aromatic heterocycles. The summed E-state index contributed by atoms with van der Waals surface area (Å²) in [5.74, 6) is 1.84. The van der Waals surface area contributed by atoms with Gasteiger partial charge in [-0.2, -0.15) is 0 Å². The highest BCUT2D eigenvalue weighted by Crippen LogP contribution is 2.24. The Balaban J connectivity index is 1.91. The first-order valence-electron chi connectivity index (χ1n) is 8.53. The van der Waals surface area contributed by atoms with E-state index in [4.69, 9.17) is 10.7 Å². The van der Waals surface area contributed by atoms with Crippen molar-refractivity contribution >= 4 is 11.0 Å². The number of hydrogen-bond donors (Lipinski definition) is 2. The van der Waals surface area contributed by atoms with Crippen LogP contribution in [0, 0.1) is 5.92 Å². The number of phenols is 1. The van der Waals surface area contributed by atoms with E-state index in [0.29, 0.717) is 12.3 Å². The maximum absolute atomic E-state index is 9.42. The van der Waals surface area contributed by atoms with Gasteiger partial charge in [0.2, 0.25) is 0 Å². The van der Waals surface area contributed by atoms with Gasteiger partial charge in [-0.05, 0) is 48.6 Å². The predicted molar refractivity (Wildman–Crippen MR) is 97.9 cm³/mol. The van der Waals surface area contributed by atoms with E-state index in [0.717, 1.165) is 35.4 Å². The van der Waals surface area contributed by atoms with Gasteiger partial charge in [0, 0.05) is 6.54 Å². The molecule has 3 N–H and O–H groups in total. The second-order valence-corrected chi connectivity index (χ2v) is 6.77. The van der Waals surface area contributed by atoms with Crippen LogP contribution in [0.2, 0.25) is 0 Å². The fourth-order valence-corrected chi connectivity index (χ4v) is 2.98. The second-order valence-electron chi connectivity index (χ2n) is 6.77. The van der Waals surface area contributed by atoms with Gasteiger partial charge in [-0.1, -0.05) is 38.1 Å². The number of para-hydroxylation sites is 2. The van der Waals surface area contributed by atoms with Crippen molar-refractivity contribution in [1.82, 2.24) is 9.55 Å². The summed E-state index contributed by atoms with van der Waals surface area (Å²) >= 11 is 0. The molecule has 0 spiro atoms. The lowest BCUT2D eigenvalue weighted by Crippen LogP contribution is -2.19. The third-order valence-electron chi connectivity index (χ3n) is 4.34. The Morgan fingerprint density at radius 3 is 2.50 bits per heavy atom. The molecular formula is C20H25N3O. The molecule has 0 bridgehead atoms. The summed E-state index contributed by atoms with van der Waals surface area (Å²) in [6.45, 7) is 5.39. The topological polar surface area (TPSA) is 64.1 Å². The Bertz CT molecular complexity index is 805. The molecule has 0 saturated carbocycles. The van der Waals surface area contributed by atoms with Gasteiger partial charge in [-0.3, -0.25) is 0 Å². The number of imidazole rings is 1. The zero-order valence-corrected chi connectivity index (χ0v) is 14.3. The average molecular weight is 323 g/mol. The molecule has 0 radical (unpaired) electrons. The molecule has 0 aliphatic heterocycles. The number of benzene rings is 2. The lowest BCUT2D eigenvalue weighted by molar-refractivity contribution is 0.474. The number of fused-ring (bicyclic) bond motifs is 1. The molecule has 0 aliphatic carbocycles. The Kier molecular flexibility index (Phi) is 4.86. The highest BCUT2D eigenvalue weighted by molar-refractivity contribution is 5.76. The van der Waals surface area contributed by atoms with Crippen molar-refractivity contribution < 1.29 is 5.11 Å². The van der Waals surface area contributed by atoms with Crippen molar-refractivity contribution in [2.45, 2.75) is 39.3 Å². The third kappa shape index (κ3) is 3.60. The van der Waals surface area contributed by atoms with Crippen molar-refractivity contribution in [3.63, 3.8) is 0 Å². The van der Waals surface area contributed by atoms with Crippen molar-refractivity contribution in [3.05, 3.63) is 59.9 Å². The van der Waals surface area contributed by atoms with Gasteiger partial charge in [0.1, 0.15) is 11.6 Å². The van der Waals surface area contributed by atoms with Crippen LogP contribution in [0.4, 0.5) is 0 Å². The first-order chi connectivity index (χ1) is 11.5. The smallest absolute Gasteiger partial charge is 0.127 e. The van der Waals surface area contributed by atoms with Crippen LogP contribution in [0.1, 0.15) is 37.7 Å². The number of rotatable bonds is 6. The number of hydrogen-bond acceptors (Lipinski definition) is 3. The molecule has 4 nitrogen and oxygen atoms in total. The van der Waals surface area contributed by atoms with Gasteiger partial charge < -0.3 is 15.4 Å². The van der Waals surface area contributed by atoms with E-state index in [-0.39, 0.29) is 11.8 Å². The van der Waals surface area contributed by atoms with Gasteiger partial charge in [0.25, 0.3) is 0 Å². The number of nitrogens with two attached hydrogens (primary N) is 1. The number of aromatic hydroxyl groups is 1. The summed E-state index contributed by atoms with van der Waals surface area (Å²) in [5.41, 5.74) is 9.74. The summed E-state index contributed by atoms with van der Waals surface area (Å²) in [6.07, 6.45) is 1.80. The lowest BCUT2D eigenvalue weighted by atomic mass is 10.1. The van der Waals surface area contributed by atoms with Gasteiger partial charge >= 0.3 is 0 Å². The molecule has 4 heteroatoms. The molecule has 0 aliphatic rings. The highest BCUT2D eigenvalue weighted by Gasteiger charge is 2.17. The van der Waals surface area contributed by atoms with E-state index in [2.05, 4.69) is 24.5 Å². The Morgan fingerprint density at radius 2 is 1.79 bits per heavy atom. The fourth-order valence-electron chi connectivity index (χ4n) is 2.98. The Labute approximate surface area is 142 Å². The predicted octanol–water partition coefficient (Wildman–Crippen LogP) is 4.03. The minimum atomic E-state index is -0.172. The monoisotopic (exact) mass is 323 g/mol. The number of aryl methyl sites for hydroxylation is 1. The molecule has 1 heterocycles. The Hall–Kier alpha value is -2.33. The molecule has 0 amide bonds. The van der Waals surface area contributed by atoms with E-state index >= 15 is 0 Å². The Morgan fingerprint density at radius 1 is 1.08 bits per heavy atom. The minimum absolute atomic E-state index is 0.172. The molecule has 2 aromatic carbocycles. The molecule has 0 saturated heterocycles. The molecule has 1 unspecified atom stereocenters. The van der Waals surface area contributed by atoms with E-state index in [1.807, 2.05) is 30.3 Å². The van der Waals surface area contributed by atoms with Crippen molar-refractivity contribution in [1.29, 1.82) is 0 Å². The highest BCUT2D eigenvalue weighted by atomic mass is 16.3. The fraction of sp³-hybridized carbons (Fsp3) is 0.350. The molecule has 3 aromatic rings. The average Bonchev–Trinajstić information content (AvgIpc) is 2.94. The largest absolute Gasteiger partial charge is 0.508 e. The van der Waals surface area contributed by atoms with E-state index in [1.165, 1.54) is 0 Å². The molecular weight excluding hydrogens is 298 g/mol. The van der Waals surface area contributed by atoms with Crippen LogP contribution in [0.3, 0.4) is 0 Å². The summed E-state index contributed by atoms with van der Waals surface area (Å²) in [4.78, 5) is 4.79. The molecule has 0 fully saturated rings. The molecule has 1 atom stereocenters. The number of aromatic nitrogens is 2. The van der Waals surface area contributed by atoms with Gasteiger partial charge in [0.05, 0.1) is 17.1 Å². The van der Waals surface area contributed by atoms with Crippen molar-refractivity contribution in [2.75, 3.05) is 0 Å². The van der Waals surface area contributed by atoms with Crippen LogP contribution >= 0.6 is 0 Å². The first-order valence-corrected chi connectivity index (χ1v) is 8.53. The summed E-state index contributed by atoms with van der Waals surface area (Å²) in [5, 5.41) is 9.42. The summed E-state index contributed by atoms with van der Waals surface area (Å²) < 4.78 is 2.26. The SMILES string of the molecule is CC(C)CCn1c(C(N)Cc2ccc(O)cc2)nc2ccccc21. The van der Waals surface area contributed by atoms with Crippen molar-refractivity contribution in [2.24, 2.45) is 11.7 Å².